The molecule has 0 fully saturated rings. The highest BCUT2D eigenvalue weighted by atomic mass is 19.4. The highest BCUT2D eigenvalue weighted by molar-refractivity contribution is 6.01. The Balaban J connectivity index is 1.79. The van der Waals surface area contributed by atoms with Crippen molar-refractivity contribution in [2.45, 2.75) is 12.6 Å². The van der Waals surface area contributed by atoms with Crippen molar-refractivity contribution < 1.29 is 18.0 Å². The van der Waals surface area contributed by atoms with Crippen LogP contribution in [0.5, 0.6) is 0 Å². The van der Waals surface area contributed by atoms with Crippen LogP contribution in [0.15, 0.2) is 73.6 Å². The molecule has 0 spiro atoms. The van der Waals surface area contributed by atoms with E-state index in [-0.39, 0.29) is 5.91 Å². The molecule has 1 N–H and O–H groups in total. The molecule has 0 radical (unpaired) electrons. The van der Waals surface area contributed by atoms with E-state index < -0.39 is 11.7 Å². The van der Waals surface area contributed by atoms with Crippen molar-refractivity contribution >= 4 is 17.4 Å². The highest BCUT2D eigenvalue weighted by Gasteiger charge is 2.30. The summed E-state index contributed by atoms with van der Waals surface area (Å²) in [5.74, 6) is 0.461. The van der Waals surface area contributed by atoms with Gasteiger partial charge in [0.1, 0.15) is 5.82 Å². The lowest BCUT2D eigenvalue weighted by Crippen LogP contribution is -2.31. The smallest absolute Gasteiger partial charge is 0.373 e. The third-order valence-electron chi connectivity index (χ3n) is 4.74. The molecule has 0 saturated heterocycles. The van der Waals surface area contributed by atoms with E-state index in [2.05, 4.69) is 21.9 Å². The zero-order valence-electron chi connectivity index (χ0n) is 16.9. The first-order valence-electron chi connectivity index (χ1n) is 9.52. The van der Waals surface area contributed by atoms with E-state index in [1.807, 2.05) is 12.1 Å². The summed E-state index contributed by atoms with van der Waals surface area (Å²) in [6, 6.07) is 11.9. The van der Waals surface area contributed by atoms with Gasteiger partial charge in [-0.05, 0) is 48.4 Å². The van der Waals surface area contributed by atoms with Crippen LogP contribution in [0, 0.1) is 0 Å². The van der Waals surface area contributed by atoms with Crippen LogP contribution in [0.3, 0.4) is 0 Å². The third kappa shape index (κ3) is 5.28. The summed E-state index contributed by atoms with van der Waals surface area (Å²) in [7, 11) is 1.78. The Labute approximate surface area is 178 Å². The Morgan fingerprint density at radius 1 is 1.13 bits per heavy atom. The monoisotopic (exact) mass is 426 g/mol. The van der Waals surface area contributed by atoms with Crippen molar-refractivity contribution in [2.75, 3.05) is 23.8 Å². The van der Waals surface area contributed by atoms with Gasteiger partial charge < -0.3 is 10.2 Å². The summed E-state index contributed by atoms with van der Waals surface area (Å²) in [5.41, 5.74) is 1.87. The number of aromatic nitrogens is 2. The minimum absolute atomic E-state index is 0.279. The lowest BCUT2D eigenvalue weighted by Gasteiger charge is -2.22. The molecule has 2 aromatic heterocycles. The molecule has 0 saturated carbocycles. The van der Waals surface area contributed by atoms with Gasteiger partial charge in [-0.2, -0.15) is 13.2 Å². The second kappa shape index (κ2) is 9.42. The number of carbonyl (C=O) groups excluding carboxylic acids is 1. The Bertz CT molecular complexity index is 1050. The maximum absolute atomic E-state index is 12.7. The van der Waals surface area contributed by atoms with Crippen molar-refractivity contribution in [1.29, 1.82) is 0 Å². The number of hydrogen-bond donors (Lipinski definition) is 1. The average Bonchev–Trinajstić information content (AvgIpc) is 2.79. The van der Waals surface area contributed by atoms with Crippen LogP contribution in [0.25, 0.3) is 11.3 Å². The second-order valence-electron chi connectivity index (χ2n) is 6.68. The maximum Gasteiger partial charge on any atom is 0.416 e. The number of amides is 1. The predicted molar refractivity (Wildman–Crippen MR) is 115 cm³/mol. The number of alkyl halides is 3. The highest BCUT2D eigenvalue weighted by Crippen LogP contribution is 2.31. The average molecular weight is 426 g/mol. The largest absolute Gasteiger partial charge is 0.416 e. The molecule has 0 atom stereocenters. The quantitative estimate of drug-likeness (QED) is 0.542. The first-order chi connectivity index (χ1) is 14.8. The maximum atomic E-state index is 12.7. The molecule has 0 unspecified atom stereocenters. The van der Waals surface area contributed by atoms with Gasteiger partial charge in [0.25, 0.3) is 0 Å². The van der Waals surface area contributed by atoms with E-state index in [4.69, 9.17) is 0 Å². The molecule has 160 valence electrons. The van der Waals surface area contributed by atoms with E-state index in [0.29, 0.717) is 29.9 Å². The first-order valence-corrected chi connectivity index (χ1v) is 9.52. The van der Waals surface area contributed by atoms with Gasteiger partial charge >= 0.3 is 6.18 Å². The lowest BCUT2D eigenvalue weighted by molar-refractivity contribution is -0.137. The van der Waals surface area contributed by atoms with E-state index >= 15 is 0 Å². The van der Waals surface area contributed by atoms with Gasteiger partial charge in [-0.3, -0.25) is 9.78 Å². The Morgan fingerprint density at radius 2 is 1.87 bits per heavy atom. The fourth-order valence-electron chi connectivity index (χ4n) is 3.12. The predicted octanol–water partition coefficient (Wildman–Crippen LogP) is 4.97. The van der Waals surface area contributed by atoms with Crippen LogP contribution >= 0.6 is 0 Å². The number of nitrogens with zero attached hydrogens (tertiary/aromatic N) is 3. The minimum atomic E-state index is -4.39. The summed E-state index contributed by atoms with van der Waals surface area (Å²) in [6.45, 7) is 3.94. The van der Waals surface area contributed by atoms with Crippen LogP contribution in [-0.2, 0) is 17.4 Å². The fraction of sp³-hybridized carbons (Fsp3) is 0.174. The van der Waals surface area contributed by atoms with Gasteiger partial charge in [-0.25, -0.2) is 4.98 Å². The van der Waals surface area contributed by atoms with Gasteiger partial charge in [0.15, 0.2) is 0 Å². The zero-order valence-corrected chi connectivity index (χ0v) is 16.9. The molecule has 31 heavy (non-hydrogen) atoms. The molecule has 1 aromatic carbocycles. The number of anilines is 2. The molecule has 0 bridgehead atoms. The van der Waals surface area contributed by atoms with E-state index in [1.54, 1.807) is 30.3 Å². The van der Waals surface area contributed by atoms with Crippen LogP contribution in [0.4, 0.5) is 24.7 Å². The van der Waals surface area contributed by atoms with E-state index in [9.17, 15) is 18.0 Å². The summed E-state index contributed by atoms with van der Waals surface area (Å²) in [5, 5.41) is 3.02. The first kappa shape index (κ1) is 22.0. The Kier molecular flexibility index (Phi) is 6.69. The van der Waals surface area contributed by atoms with E-state index in [0.717, 1.165) is 23.5 Å². The van der Waals surface area contributed by atoms with Crippen molar-refractivity contribution in [2.24, 2.45) is 0 Å². The van der Waals surface area contributed by atoms with Crippen LogP contribution in [0.2, 0.25) is 0 Å². The third-order valence-corrected chi connectivity index (χ3v) is 4.74. The number of hydrogen-bond acceptors (Lipinski definition) is 4. The molecule has 3 aromatic rings. The summed E-state index contributed by atoms with van der Waals surface area (Å²) >= 11 is 0. The van der Waals surface area contributed by atoms with Gasteiger partial charge in [0.2, 0.25) is 5.91 Å². The minimum Gasteiger partial charge on any atom is -0.373 e. The molecule has 8 heteroatoms. The van der Waals surface area contributed by atoms with E-state index in [1.165, 1.54) is 24.4 Å². The number of halogens is 3. The molecular formula is C23H21F3N4O. The molecule has 0 aliphatic heterocycles. The zero-order chi connectivity index (χ0) is 22.4. The summed E-state index contributed by atoms with van der Waals surface area (Å²) in [4.78, 5) is 22.6. The van der Waals surface area contributed by atoms with Crippen LogP contribution in [-0.4, -0.2) is 29.5 Å². The topological polar surface area (TPSA) is 58.1 Å². The van der Waals surface area contributed by atoms with Crippen molar-refractivity contribution in [1.82, 2.24) is 9.97 Å². The summed E-state index contributed by atoms with van der Waals surface area (Å²) in [6.07, 6.45) is 0.613. The van der Waals surface area contributed by atoms with Gasteiger partial charge in [-0.15, -0.1) is 0 Å². The SMILES string of the molecule is C=CC(=O)N(CCc1cccnc1NC)c1ccc(-c2ccc(C(F)(F)F)cc2)nc1. The standard InChI is InChI=1S/C23H21F3N4O/c1-3-21(31)30(14-12-17-5-4-13-28-22(17)27-2)19-10-11-20(29-15-19)16-6-8-18(9-7-16)23(24,25)26/h3-11,13,15H,1,12,14H2,2H3,(H,27,28). The van der Waals surface area contributed by atoms with Gasteiger partial charge in [0, 0.05) is 25.4 Å². The number of carbonyl (C=O) groups is 1. The molecule has 0 aliphatic rings. The second-order valence-corrected chi connectivity index (χ2v) is 6.68. The Morgan fingerprint density at radius 3 is 2.45 bits per heavy atom. The fourth-order valence-corrected chi connectivity index (χ4v) is 3.12. The number of rotatable bonds is 7. The van der Waals surface area contributed by atoms with Crippen molar-refractivity contribution in [3.63, 3.8) is 0 Å². The van der Waals surface area contributed by atoms with Crippen molar-refractivity contribution in [3.8, 4) is 11.3 Å². The number of benzene rings is 1. The Hall–Kier alpha value is -3.68. The van der Waals surface area contributed by atoms with Crippen molar-refractivity contribution in [3.05, 3.63) is 84.7 Å². The number of pyridine rings is 2. The lowest BCUT2D eigenvalue weighted by atomic mass is 10.1. The van der Waals surface area contributed by atoms with Gasteiger partial charge in [0.05, 0.1) is 23.1 Å². The normalized spacial score (nSPS) is 11.1. The molecule has 5 nitrogen and oxygen atoms in total. The summed E-state index contributed by atoms with van der Waals surface area (Å²) < 4.78 is 38.2. The number of nitrogens with one attached hydrogen (secondary N) is 1. The molecule has 3 rings (SSSR count). The molecule has 0 aliphatic carbocycles. The van der Waals surface area contributed by atoms with Crippen LogP contribution in [0.1, 0.15) is 11.1 Å². The molecular weight excluding hydrogens is 405 g/mol. The van der Waals surface area contributed by atoms with Gasteiger partial charge in [-0.1, -0.05) is 24.8 Å². The molecule has 1 amide bonds. The molecule has 2 heterocycles. The van der Waals surface area contributed by atoms with Crippen LogP contribution < -0.4 is 10.2 Å².